The van der Waals surface area contributed by atoms with E-state index in [0.717, 1.165) is 6.54 Å². The summed E-state index contributed by atoms with van der Waals surface area (Å²) in [6.45, 7) is 4.32. The van der Waals surface area contributed by atoms with E-state index in [0.29, 0.717) is 15.9 Å². The lowest BCUT2D eigenvalue weighted by atomic mass is 9.84. The number of halogens is 2. The van der Waals surface area contributed by atoms with E-state index < -0.39 is 0 Å². The van der Waals surface area contributed by atoms with Crippen LogP contribution in [0.15, 0.2) is 12.1 Å². The van der Waals surface area contributed by atoms with Gasteiger partial charge < -0.3 is 5.32 Å². The lowest BCUT2D eigenvalue weighted by Gasteiger charge is -2.41. The summed E-state index contributed by atoms with van der Waals surface area (Å²) >= 11 is 1.88. The summed E-state index contributed by atoms with van der Waals surface area (Å²) < 4.78 is 27.7. The molecule has 1 aliphatic carbocycles. The normalized spacial score (nSPS) is 19.0. The van der Waals surface area contributed by atoms with Gasteiger partial charge in [-0.3, -0.25) is 0 Å². The Kier molecular flexibility index (Phi) is 4.51. The van der Waals surface area contributed by atoms with Crippen LogP contribution in [0.4, 0.5) is 8.78 Å². The van der Waals surface area contributed by atoms with Gasteiger partial charge in [0.05, 0.1) is 0 Å². The van der Waals surface area contributed by atoms with Crippen molar-refractivity contribution in [1.82, 2.24) is 5.32 Å². The lowest BCUT2D eigenvalue weighted by Crippen LogP contribution is -2.44. The molecule has 1 saturated carbocycles. The van der Waals surface area contributed by atoms with Crippen molar-refractivity contribution in [3.8, 4) is 0 Å². The van der Waals surface area contributed by atoms with Crippen LogP contribution in [-0.4, -0.2) is 17.5 Å². The summed E-state index contributed by atoms with van der Waals surface area (Å²) in [6, 6.07) is 2.42. The molecule has 106 valence electrons. The first-order valence-electron chi connectivity index (χ1n) is 6.71. The van der Waals surface area contributed by atoms with Crippen LogP contribution in [0.25, 0.3) is 0 Å². The molecule has 19 heavy (non-hydrogen) atoms. The molecule has 2 rings (SSSR count). The first kappa shape index (κ1) is 14.8. The lowest BCUT2D eigenvalue weighted by molar-refractivity contribution is 0.332. The molecule has 0 amide bonds. The first-order chi connectivity index (χ1) is 8.97. The second-order valence-corrected chi connectivity index (χ2v) is 6.74. The standard InChI is InChI=1S/C15H21F2NS/c1-10-7-14(17)12(8-13(10)16)11(2)18-9-15(19-3)5-4-6-15/h7-8,11,18H,4-6,9H2,1-3H3. The third kappa shape index (κ3) is 3.11. The number of nitrogens with one attached hydrogen (secondary N) is 1. The molecule has 0 aromatic heterocycles. The molecule has 0 aliphatic heterocycles. The largest absolute Gasteiger partial charge is 0.309 e. The average Bonchev–Trinajstić information content (AvgIpc) is 2.32. The van der Waals surface area contributed by atoms with Crippen molar-refractivity contribution in [2.24, 2.45) is 0 Å². The number of aryl methyl sites for hydroxylation is 1. The fourth-order valence-electron chi connectivity index (χ4n) is 2.47. The number of benzene rings is 1. The van der Waals surface area contributed by atoms with E-state index in [1.807, 2.05) is 18.7 Å². The summed E-state index contributed by atoms with van der Waals surface area (Å²) in [4.78, 5) is 0. The predicted octanol–water partition coefficient (Wildman–Crippen LogP) is 4.21. The van der Waals surface area contributed by atoms with Crippen molar-refractivity contribution >= 4 is 11.8 Å². The van der Waals surface area contributed by atoms with Gasteiger partial charge in [0.15, 0.2) is 0 Å². The molecule has 1 aromatic carbocycles. The molecule has 0 radical (unpaired) electrons. The maximum Gasteiger partial charge on any atom is 0.128 e. The summed E-state index contributed by atoms with van der Waals surface area (Å²) in [7, 11) is 0. The van der Waals surface area contributed by atoms with Gasteiger partial charge in [0.25, 0.3) is 0 Å². The molecule has 0 heterocycles. The van der Waals surface area contributed by atoms with E-state index in [1.165, 1.54) is 31.4 Å². The van der Waals surface area contributed by atoms with Crippen molar-refractivity contribution < 1.29 is 8.78 Å². The molecular formula is C15H21F2NS. The van der Waals surface area contributed by atoms with E-state index in [4.69, 9.17) is 0 Å². The second kappa shape index (κ2) is 5.80. The van der Waals surface area contributed by atoms with Crippen LogP contribution < -0.4 is 5.32 Å². The molecule has 0 saturated heterocycles. The second-order valence-electron chi connectivity index (χ2n) is 5.47. The minimum atomic E-state index is -0.340. The van der Waals surface area contributed by atoms with E-state index in [1.54, 1.807) is 6.92 Å². The predicted molar refractivity (Wildman–Crippen MR) is 77.6 cm³/mol. The van der Waals surface area contributed by atoms with Crippen LogP contribution in [0.2, 0.25) is 0 Å². The van der Waals surface area contributed by atoms with Crippen LogP contribution in [0.3, 0.4) is 0 Å². The molecule has 1 unspecified atom stereocenters. The molecular weight excluding hydrogens is 264 g/mol. The number of hydrogen-bond acceptors (Lipinski definition) is 2. The van der Waals surface area contributed by atoms with Gasteiger partial charge >= 0.3 is 0 Å². The fraction of sp³-hybridized carbons (Fsp3) is 0.600. The average molecular weight is 285 g/mol. The van der Waals surface area contributed by atoms with Gasteiger partial charge in [-0.25, -0.2) is 8.78 Å². The molecule has 1 aliphatic rings. The Balaban J connectivity index is 2.03. The van der Waals surface area contributed by atoms with Crippen molar-refractivity contribution in [3.63, 3.8) is 0 Å². The summed E-state index contributed by atoms with van der Waals surface area (Å²) in [5.74, 6) is -0.668. The maximum absolute atomic E-state index is 13.9. The van der Waals surface area contributed by atoms with Crippen LogP contribution in [0.5, 0.6) is 0 Å². The number of hydrogen-bond donors (Lipinski definition) is 1. The highest BCUT2D eigenvalue weighted by Gasteiger charge is 2.36. The highest BCUT2D eigenvalue weighted by atomic mass is 32.2. The Labute approximate surface area is 118 Å². The minimum absolute atomic E-state index is 0.167. The zero-order chi connectivity index (χ0) is 14.0. The van der Waals surface area contributed by atoms with Crippen molar-refractivity contribution in [2.45, 2.75) is 43.9 Å². The van der Waals surface area contributed by atoms with Gasteiger partial charge in [-0.2, -0.15) is 11.8 Å². The smallest absolute Gasteiger partial charge is 0.128 e. The number of rotatable bonds is 5. The highest BCUT2D eigenvalue weighted by molar-refractivity contribution is 8.00. The first-order valence-corrected chi connectivity index (χ1v) is 7.94. The quantitative estimate of drug-likeness (QED) is 0.869. The van der Waals surface area contributed by atoms with E-state index >= 15 is 0 Å². The Morgan fingerprint density at radius 2 is 2.00 bits per heavy atom. The third-order valence-electron chi connectivity index (χ3n) is 4.17. The SMILES string of the molecule is CSC1(CNC(C)c2cc(F)c(C)cc2F)CCC1. The Bertz CT molecular complexity index is 452. The van der Waals surface area contributed by atoms with Crippen LogP contribution in [0, 0.1) is 18.6 Å². The summed E-state index contributed by atoms with van der Waals surface area (Å²) in [5, 5.41) is 3.35. The maximum atomic E-state index is 13.9. The zero-order valence-corrected chi connectivity index (χ0v) is 12.5. The summed E-state index contributed by atoms with van der Waals surface area (Å²) in [5.41, 5.74) is 0.770. The molecule has 1 nitrogen and oxygen atoms in total. The van der Waals surface area contributed by atoms with Crippen molar-refractivity contribution in [1.29, 1.82) is 0 Å². The van der Waals surface area contributed by atoms with E-state index in [-0.39, 0.29) is 17.7 Å². The molecule has 0 spiro atoms. The minimum Gasteiger partial charge on any atom is -0.309 e. The molecule has 0 bridgehead atoms. The Morgan fingerprint density at radius 3 is 2.53 bits per heavy atom. The molecule has 1 fully saturated rings. The van der Waals surface area contributed by atoms with Gasteiger partial charge in [-0.15, -0.1) is 0 Å². The number of thioether (sulfide) groups is 1. The van der Waals surface area contributed by atoms with Gasteiger partial charge in [-0.1, -0.05) is 6.42 Å². The van der Waals surface area contributed by atoms with E-state index in [9.17, 15) is 8.78 Å². The highest BCUT2D eigenvalue weighted by Crippen LogP contribution is 2.42. The summed E-state index contributed by atoms with van der Waals surface area (Å²) in [6.07, 6.45) is 5.80. The zero-order valence-electron chi connectivity index (χ0n) is 11.7. The van der Waals surface area contributed by atoms with Crippen LogP contribution >= 0.6 is 11.8 Å². The third-order valence-corrected chi connectivity index (χ3v) is 5.59. The van der Waals surface area contributed by atoms with Crippen LogP contribution in [0.1, 0.15) is 43.4 Å². The molecule has 4 heteroatoms. The molecule has 1 N–H and O–H groups in total. The van der Waals surface area contributed by atoms with E-state index in [2.05, 4.69) is 11.6 Å². The van der Waals surface area contributed by atoms with Gasteiger partial charge in [0, 0.05) is 22.9 Å². The van der Waals surface area contributed by atoms with Gasteiger partial charge in [-0.05, 0) is 50.6 Å². The fourth-order valence-corrected chi connectivity index (χ4v) is 3.39. The van der Waals surface area contributed by atoms with Crippen molar-refractivity contribution in [2.75, 3.05) is 12.8 Å². The monoisotopic (exact) mass is 285 g/mol. The van der Waals surface area contributed by atoms with Crippen molar-refractivity contribution in [3.05, 3.63) is 34.9 Å². The molecule has 1 atom stereocenters. The Hall–Kier alpha value is -0.610. The Morgan fingerprint density at radius 1 is 1.32 bits per heavy atom. The van der Waals surface area contributed by atoms with Gasteiger partial charge in [0.2, 0.25) is 0 Å². The topological polar surface area (TPSA) is 12.0 Å². The van der Waals surface area contributed by atoms with Crippen LogP contribution in [-0.2, 0) is 0 Å². The van der Waals surface area contributed by atoms with Gasteiger partial charge in [0.1, 0.15) is 11.6 Å². The molecule has 1 aromatic rings.